The van der Waals surface area contributed by atoms with E-state index in [0.717, 1.165) is 0 Å². The standard InChI is InChI=1S/C12H19N3O4/c1-7(4-10(16)17)5-14-12(18)15-9(3)11-13-6-8(2)19-11/h6-7,9H,4-5H2,1-3H3,(H,16,17)(H2,14,15,18). The fraction of sp³-hybridized carbons (Fsp3) is 0.583. The number of hydrogen-bond donors (Lipinski definition) is 3. The Balaban J connectivity index is 2.33. The maximum atomic E-state index is 11.6. The quantitative estimate of drug-likeness (QED) is 0.725. The van der Waals surface area contributed by atoms with Gasteiger partial charge in [0, 0.05) is 13.0 Å². The van der Waals surface area contributed by atoms with Crippen molar-refractivity contribution in [3.8, 4) is 0 Å². The third-order valence-corrected chi connectivity index (χ3v) is 2.49. The molecule has 0 bridgehead atoms. The van der Waals surface area contributed by atoms with Crippen molar-refractivity contribution in [2.24, 2.45) is 5.92 Å². The maximum Gasteiger partial charge on any atom is 0.315 e. The summed E-state index contributed by atoms with van der Waals surface area (Å²) in [5.41, 5.74) is 0. The molecule has 0 aliphatic rings. The Kier molecular flexibility index (Phi) is 5.35. The van der Waals surface area contributed by atoms with E-state index in [9.17, 15) is 9.59 Å². The zero-order valence-corrected chi connectivity index (χ0v) is 11.3. The van der Waals surface area contributed by atoms with Crippen molar-refractivity contribution in [1.29, 1.82) is 0 Å². The molecule has 1 aromatic heterocycles. The number of carboxylic acid groups (broad SMARTS) is 1. The van der Waals surface area contributed by atoms with Gasteiger partial charge in [0.25, 0.3) is 0 Å². The van der Waals surface area contributed by atoms with Crippen LogP contribution in [0.4, 0.5) is 4.79 Å². The first-order valence-electron chi connectivity index (χ1n) is 6.07. The largest absolute Gasteiger partial charge is 0.481 e. The summed E-state index contributed by atoms with van der Waals surface area (Å²) < 4.78 is 5.29. The van der Waals surface area contributed by atoms with Crippen molar-refractivity contribution < 1.29 is 19.1 Å². The summed E-state index contributed by atoms with van der Waals surface area (Å²) in [4.78, 5) is 26.1. The average molecular weight is 269 g/mol. The van der Waals surface area contributed by atoms with Gasteiger partial charge in [0.2, 0.25) is 5.89 Å². The molecule has 2 atom stereocenters. The lowest BCUT2D eigenvalue weighted by atomic mass is 10.1. The highest BCUT2D eigenvalue weighted by Crippen LogP contribution is 2.11. The highest BCUT2D eigenvalue weighted by atomic mass is 16.4. The van der Waals surface area contributed by atoms with Crippen LogP contribution in [-0.2, 0) is 4.79 Å². The van der Waals surface area contributed by atoms with Gasteiger partial charge in [0.15, 0.2) is 0 Å². The predicted octanol–water partition coefficient (Wildman–Crippen LogP) is 1.45. The summed E-state index contributed by atoms with van der Waals surface area (Å²) >= 11 is 0. The molecule has 0 saturated heterocycles. The highest BCUT2D eigenvalue weighted by molar-refractivity contribution is 5.74. The fourth-order valence-electron chi connectivity index (χ4n) is 1.52. The first kappa shape index (κ1) is 15.0. The molecule has 0 aliphatic heterocycles. The molecule has 0 aromatic carbocycles. The van der Waals surface area contributed by atoms with Gasteiger partial charge in [0.1, 0.15) is 11.8 Å². The molecule has 0 radical (unpaired) electrons. The molecule has 19 heavy (non-hydrogen) atoms. The van der Waals surface area contributed by atoms with Crippen LogP contribution < -0.4 is 10.6 Å². The van der Waals surface area contributed by atoms with Gasteiger partial charge < -0.3 is 20.2 Å². The van der Waals surface area contributed by atoms with Gasteiger partial charge in [-0.2, -0.15) is 0 Å². The third-order valence-electron chi connectivity index (χ3n) is 2.49. The van der Waals surface area contributed by atoms with E-state index in [1.54, 1.807) is 27.0 Å². The minimum Gasteiger partial charge on any atom is -0.481 e. The highest BCUT2D eigenvalue weighted by Gasteiger charge is 2.15. The zero-order chi connectivity index (χ0) is 14.4. The second-order valence-corrected chi connectivity index (χ2v) is 4.59. The van der Waals surface area contributed by atoms with Crippen molar-refractivity contribution in [2.45, 2.75) is 33.2 Å². The van der Waals surface area contributed by atoms with Crippen LogP contribution in [0, 0.1) is 12.8 Å². The number of carbonyl (C=O) groups is 2. The molecule has 2 unspecified atom stereocenters. The lowest BCUT2D eigenvalue weighted by molar-refractivity contribution is -0.137. The fourth-order valence-corrected chi connectivity index (χ4v) is 1.52. The number of aromatic nitrogens is 1. The number of nitrogens with zero attached hydrogens (tertiary/aromatic N) is 1. The minimum atomic E-state index is -0.877. The topological polar surface area (TPSA) is 104 Å². The van der Waals surface area contributed by atoms with Crippen LogP contribution in [0.25, 0.3) is 0 Å². The molecular weight excluding hydrogens is 250 g/mol. The van der Waals surface area contributed by atoms with Crippen LogP contribution in [0.3, 0.4) is 0 Å². The van der Waals surface area contributed by atoms with Gasteiger partial charge in [-0.25, -0.2) is 9.78 Å². The molecule has 0 spiro atoms. The van der Waals surface area contributed by atoms with Crippen molar-refractivity contribution in [3.63, 3.8) is 0 Å². The van der Waals surface area contributed by atoms with Crippen molar-refractivity contribution in [1.82, 2.24) is 15.6 Å². The third kappa shape index (κ3) is 5.41. The lowest BCUT2D eigenvalue weighted by Crippen LogP contribution is -2.39. The summed E-state index contributed by atoms with van der Waals surface area (Å²) in [5, 5.41) is 13.9. The molecule has 1 heterocycles. The molecule has 2 amide bonds. The molecule has 0 aliphatic carbocycles. The van der Waals surface area contributed by atoms with E-state index in [1.807, 2.05) is 0 Å². The maximum absolute atomic E-state index is 11.6. The van der Waals surface area contributed by atoms with Crippen LogP contribution in [0.2, 0.25) is 0 Å². The Morgan fingerprint density at radius 2 is 2.16 bits per heavy atom. The van der Waals surface area contributed by atoms with E-state index in [-0.39, 0.29) is 24.4 Å². The SMILES string of the molecule is Cc1cnc(C(C)NC(=O)NCC(C)CC(=O)O)o1. The van der Waals surface area contributed by atoms with Gasteiger partial charge >= 0.3 is 12.0 Å². The summed E-state index contributed by atoms with van der Waals surface area (Å²) in [5.74, 6) is 0.117. The van der Waals surface area contributed by atoms with Gasteiger partial charge in [-0.15, -0.1) is 0 Å². The van der Waals surface area contributed by atoms with E-state index in [2.05, 4.69) is 15.6 Å². The van der Waals surface area contributed by atoms with Crippen LogP contribution in [0.5, 0.6) is 0 Å². The minimum absolute atomic E-state index is 0.0226. The number of oxazole rings is 1. The summed E-state index contributed by atoms with van der Waals surface area (Å²) in [6, 6.07) is -0.718. The Hall–Kier alpha value is -2.05. The molecule has 0 fully saturated rings. The van der Waals surface area contributed by atoms with Crippen molar-refractivity contribution >= 4 is 12.0 Å². The number of amides is 2. The lowest BCUT2D eigenvalue weighted by Gasteiger charge is -2.14. The monoisotopic (exact) mass is 269 g/mol. The molecule has 3 N–H and O–H groups in total. The summed E-state index contributed by atoms with van der Waals surface area (Å²) in [6.07, 6.45) is 1.61. The van der Waals surface area contributed by atoms with Crippen LogP contribution in [-0.4, -0.2) is 28.6 Å². The van der Waals surface area contributed by atoms with Crippen LogP contribution >= 0.6 is 0 Å². The van der Waals surface area contributed by atoms with E-state index in [4.69, 9.17) is 9.52 Å². The van der Waals surface area contributed by atoms with Crippen molar-refractivity contribution in [2.75, 3.05) is 6.54 Å². The smallest absolute Gasteiger partial charge is 0.315 e. The van der Waals surface area contributed by atoms with Gasteiger partial charge in [0.05, 0.1) is 6.20 Å². The van der Waals surface area contributed by atoms with Crippen molar-refractivity contribution in [3.05, 3.63) is 17.8 Å². The molecular formula is C12H19N3O4. The number of aryl methyl sites for hydroxylation is 1. The number of nitrogens with one attached hydrogen (secondary N) is 2. The Labute approximate surface area is 111 Å². The first-order valence-corrected chi connectivity index (χ1v) is 6.07. The zero-order valence-electron chi connectivity index (χ0n) is 11.3. The summed E-state index contributed by atoms with van der Waals surface area (Å²) in [7, 11) is 0. The number of carboxylic acids is 1. The Morgan fingerprint density at radius 3 is 2.68 bits per heavy atom. The van der Waals surface area contributed by atoms with Gasteiger partial charge in [-0.05, 0) is 19.8 Å². The second kappa shape index (κ2) is 6.77. The molecule has 7 heteroatoms. The van der Waals surface area contributed by atoms with Gasteiger partial charge in [-0.3, -0.25) is 4.79 Å². The van der Waals surface area contributed by atoms with E-state index < -0.39 is 5.97 Å². The number of rotatable bonds is 6. The number of aliphatic carboxylic acids is 1. The molecule has 1 rings (SSSR count). The first-order chi connectivity index (χ1) is 8.88. The normalized spacial score (nSPS) is 13.6. The molecule has 0 saturated carbocycles. The van der Waals surface area contributed by atoms with E-state index >= 15 is 0 Å². The molecule has 7 nitrogen and oxygen atoms in total. The second-order valence-electron chi connectivity index (χ2n) is 4.59. The predicted molar refractivity (Wildman–Crippen MR) is 67.6 cm³/mol. The Bertz CT molecular complexity index is 444. The molecule has 1 aromatic rings. The van der Waals surface area contributed by atoms with Crippen LogP contribution in [0.15, 0.2) is 10.6 Å². The summed E-state index contributed by atoms with van der Waals surface area (Å²) in [6.45, 7) is 5.59. The number of hydrogen-bond acceptors (Lipinski definition) is 4. The van der Waals surface area contributed by atoms with E-state index in [1.165, 1.54) is 0 Å². The number of carbonyl (C=O) groups excluding carboxylic acids is 1. The number of urea groups is 1. The average Bonchev–Trinajstić information content (AvgIpc) is 2.72. The Morgan fingerprint density at radius 1 is 1.47 bits per heavy atom. The van der Waals surface area contributed by atoms with Crippen LogP contribution in [0.1, 0.15) is 38.0 Å². The molecule has 106 valence electrons. The van der Waals surface area contributed by atoms with Gasteiger partial charge in [-0.1, -0.05) is 6.92 Å². The van der Waals surface area contributed by atoms with E-state index in [0.29, 0.717) is 18.2 Å².